The molecule has 30 heavy (non-hydrogen) atoms. The Morgan fingerprint density at radius 3 is 2.57 bits per heavy atom. The van der Waals surface area contributed by atoms with Crippen LogP contribution >= 0.6 is 0 Å². The van der Waals surface area contributed by atoms with E-state index in [2.05, 4.69) is 23.5 Å². The van der Waals surface area contributed by atoms with Gasteiger partial charge in [0.2, 0.25) is 5.91 Å². The van der Waals surface area contributed by atoms with E-state index in [-0.39, 0.29) is 23.9 Å². The van der Waals surface area contributed by atoms with E-state index in [4.69, 9.17) is 5.73 Å². The third-order valence-electron chi connectivity index (χ3n) is 6.36. The van der Waals surface area contributed by atoms with Gasteiger partial charge < -0.3 is 15.4 Å². The third kappa shape index (κ3) is 4.99. The minimum Gasteiger partial charge on any atom is -0.403 e. The molecule has 0 unspecified atom stereocenters. The number of hydrogen-bond acceptors (Lipinski definition) is 4. The second-order valence-electron chi connectivity index (χ2n) is 8.85. The van der Waals surface area contributed by atoms with Gasteiger partial charge in [0.1, 0.15) is 0 Å². The van der Waals surface area contributed by atoms with E-state index in [1.807, 2.05) is 11.9 Å². The maximum atomic E-state index is 14.1. The molecule has 0 aromatic heterocycles. The van der Waals surface area contributed by atoms with E-state index in [0.29, 0.717) is 37.0 Å². The van der Waals surface area contributed by atoms with Crippen molar-refractivity contribution in [3.63, 3.8) is 0 Å². The summed E-state index contributed by atoms with van der Waals surface area (Å²) >= 11 is 0. The lowest BCUT2D eigenvalue weighted by atomic mass is 9.94. The highest BCUT2D eigenvalue weighted by molar-refractivity contribution is 5.79. The first-order valence-corrected chi connectivity index (χ1v) is 10.3. The summed E-state index contributed by atoms with van der Waals surface area (Å²) in [7, 11) is 1.94. The van der Waals surface area contributed by atoms with Gasteiger partial charge in [-0.2, -0.15) is 0 Å². The van der Waals surface area contributed by atoms with Crippen molar-refractivity contribution in [3.8, 4) is 5.75 Å². The Morgan fingerprint density at radius 1 is 1.30 bits per heavy atom. The number of carbonyl (C=O) groups is 1. The minimum absolute atomic E-state index is 0.189. The lowest BCUT2D eigenvalue weighted by Gasteiger charge is -2.35. The monoisotopic (exact) mass is 431 g/mol. The van der Waals surface area contributed by atoms with Crippen LogP contribution in [-0.2, 0) is 4.79 Å². The molecular weight excluding hydrogens is 402 g/mol. The molecule has 168 valence electrons. The van der Waals surface area contributed by atoms with Crippen LogP contribution < -0.4 is 15.4 Å². The number of amides is 1. The first-order chi connectivity index (χ1) is 14.0. The number of primary amides is 1. The topological polar surface area (TPSA) is 58.8 Å². The number of ether oxygens (including phenoxy) is 1. The highest BCUT2D eigenvalue weighted by Gasteiger charge is 2.46. The van der Waals surface area contributed by atoms with Gasteiger partial charge in [-0.3, -0.25) is 9.69 Å². The van der Waals surface area contributed by atoms with Crippen LogP contribution in [0.4, 0.5) is 23.2 Å². The standard InChI is InChI=1S/C21H29F4N3O2/c1-12(2)8-18(20(26)29)27(3)17-6-4-13-10-28(11-15(13)17)14-5-7-19(16(22)9-14)30-21(23,24)25/h5,7,9,12-13,15,17-18H,4,6,8,10-11H2,1-3H3,(H2,26,29)/t13-,15+,17+,18+/m1/s1. The normalized spacial score (nSPS) is 25.1. The lowest BCUT2D eigenvalue weighted by Crippen LogP contribution is -2.50. The Hall–Kier alpha value is -2.03. The largest absolute Gasteiger partial charge is 0.573 e. The van der Waals surface area contributed by atoms with E-state index in [9.17, 15) is 22.4 Å². The predicted molar refractivity (Wildman–Crippen MR) is 105 cm³/mol. The summed E-state index contributed by atoms with van der Waals surface area (Å²) < 4.78 is 54.9. The molecule has 3 rings (SSSR count). The summed E-state index contributed by atoms with van der Waals surface area (Å²) in [6.45, 7) is 5.48. The smallest absolute Gasteiger partial charge is 0.403 e. The van der Waals surface area contributed by atoms with Crippen LogP contribution in [0.1, 0.15) is 33.1 Å². The molecule has 2 fully saturated rings. The molecule has 1 aliphatic carbocycles. The fraction of sp³-hybridized carbons (Fsp3) is 0.667. The van der Waals surface area contributed by atoms with Gasteiger partial charge >= 0.3 is 6.36 Å². The number of fused-ring (bicyclic) bond motifs is 1. The molecule has 2 N–H and O–H groups in total. The average Bonchev–Trinajstić information content (AvgIpc) is 3.20. The van der Waals surface area contributed by atoms with Crippen molar-refractivity contribution in [2.24, 2.45) is 23.5 Å². The maximum Gasteiger partial charge on any atom is 0.573 e. The maximum absolute atomic E-state index is 14.1. The number of benzene rings is 1. The molecule has 5 nitrogen and oxygen atoms in total. The van der Waals surface area contributed by atoms with Crippen LogP contribution in [0, 0.1) is 23.6 Å². The summed E-state index contributed by atoms with van der Waals surface area (Å²) in [4.78, 5) is 16.1. The van der Waals surface area contributed by atoms with Crippen molar-refractivity contribution in [1.29, 1.82) is 0 Å². The predicted octanol–water partition coefficient (Wildman–Crippen LogP) is 3.77. The number of likely N-dealkylation sites (N-methyl/N-ethyl adjacent to an activating group) is 1. The van der Waals surface area contributed by atoms with Crippen molar-refractivity contribution < 1.29 is 27.1 Å². The van der Waals surface area contributed by atoms with E-state index in [0.717, 1.165) is 25.0 Å². The number of alkyl halides is 3. The molecule has 0 radical (unpaired) electrons. The zero-order chi connectivity index (χ0) is 22.2. The number of carbonyl (C=O) groups excluding carboxylic acids is 1. The summed E-state index contributed by atoms with van der Waals surface area (Å²) in [5.41, 5.74) is 6.19. The third-order valence-corrected chi connectivity index (χ3v) is 6.36. The summed E-state index contributed by atoms with van der Waals surface area (Å²) in [6, 6.07) is 3.41. The SMILES string of the molecule is CC(C)C[C@@H](C(N)=O)N(C)[C@H]1CC[C@@H]2CN(c3ccc(OC(F)(F)F)c(F)c3)C[C@@H]21. The van der Waals surface area contributed by atoms with Gasteiger partial charge in [0.15, 0.2) is 11.6 Å². The molecule has 0 spiro atoms. The number of halogens is 4. The van der Waals surface area contributed by atoms with Crippen LogP contribution in [0.15, 0.2) is 18.2 Å². The molecule has 2 aliphatic rings. The van der Waals surface area contributed by atoms with Crippen LogP contribution in [0.2, 0.25) is 0 Å². The number of nitrogens with zero attached hydrogens (tertiary/aromatic N) is 2. The zero-order valence-corrected chi connectivity index (χ0v) is 17.5. The molecule has 9 heteroatoms. The second kappa shape index (κ2) is 8.61. The molecular formula is C21H29F4N3O2. The molecule has 0 bridgehead atoms. The molecule has 1 amide bonds. The van der Waals surface area contributed by atoms with Crippen molar-refractivity contribution in [1.82, 2.24) is 4.90 Å². The van der Waals surface area contributed by atoms with E-state index in [1.54, 1.807) is 0 Å². The Kier molecular flexibility index (Phi) is 6.50. The molecule has 1 heterocycles. The number of anilines is 1. The van der Waals surface area contributed by atoms with E-state index in [1.165, 1.54) is 6.07 Å². The molecule has 4 atom stereocenters. The van der Waals surface area contributed by atoms with E-state index < -0.39 is 17.9 Å². The van der Waals surface area contributed by atoms with Crippen LogP contribution in [0.3, 0.4) is 0 Å². The van der Waals surface area contributed by atoms with Crippen LogP contribution in [0.5, 0.6) is 5.75 Å². The van der Waals surface area contributed by atoms with Crippen molar-refractivity contribution >= 4 is 11.6 Å². The summed E-state index contributed by atoms with van der Waals surface area (Å²) in [5, 5.41) is 0. The van der Waals surface area contributed by atoms with Gasteiger partial charge in [-0.15, -0.1) is 13.2 Å². The zero-order valence-electron chi connectivity index (χ0n) is 17.5. The average molecular weight is 431 g/mol. The molecule has 1 aliphatic heterocycles. The molecule has 1 aromatic rings. The first kappa shape index (κ1) is 22.7. The highest BCUT2D eigenvalue weighted by Crippen LogP contribution is 2.43. The lowest BCUT2D eigenvalue weighted by molar-refractivity contribution is -0.275. The molecule has 1 saturated carbocycles. The van der Waals surface area contributed by atoms with Gasteiger partial charge in [-0.05, 0) is 56.2 Å². The van der Waals surface area contributed by atoms with Gasteiger partial charge in [-0.25, -0.2) is 4.39 Å². The second-order valence-corrected chi connectivity index (χ2v) is 8.85. The quantitative estimate of drug-likeness (QED) is 0.668. The van der Waals surface area contributed by atoms with Crippen LogP contribution in [-0.4, -0.2) is 49.4 Å². The minimum atomic E-state index is -4.93. The van der Waals surface area contributed by atoms with Gasteiger partial charge in [0, 0.05) is 30.9 Å². The molecule has 1 saturated heterocycles. The summed E-state index contributed by atoms with van der Waals surface area (Å²) in [5.74, 6) is -1.19. The number of hydrogen-bond donors (Lipinski definition) is 1. The molecule has 1 aromatic carbocycles. The number of nitrogens with two attached hydrogens (primary N) is 1. The Bertz CT molecular complexity index is 771. The van der Waals surface area contributed by atoms with Gasteiger partial charge in [-0.1, -0.05) is 13.8 Å². The Morgan fingerprint density at radius 2 is 2.00 bits per heavy atom. The van der Waals surface area contributed by atoms with Gasteiger partial charge in [0.25, 0.3) is 0 Å². The van der Waals surface area contributed by atoms with Crippen LogP contribution in [0.25, 0.3) is 0 Å². The fourth-order valence-electron chi connectivity index (χ4n) is 5.01. The fourth-order valence-corrected chi connectivity index (χ4v) is 5.01. The first-order valence-electron chi connectivity index (χ1n) is 10.3. The summed E-state index contributed by atoms with van der Waals surface area (Å²) in [6.07, 6.45) is -2.29. The van der Waals surface area contributed by atoms with Crippen molar-refractivity contribution in [2.45, 2.75) is 51.6 Å². The Balaban J connectivity index is 1.71. The Labute approximate surface area is 174 Å². The number of rotatable bonds is 7. The van der Waals surface area contributed by atoms with Crippen molar-refractivity contribution in [3.05, 3.63) is 24.0 Å². The van der Waals surface area contributed by atoms with Crippen molar-refractivity contribution in [2.75, 3.05) is 25.0 Å². The highest BCUT2D eigenvalue weighted by atomic mass is 19.4. The van der Waals surface area contributed by atoms with E-state index >= 15 is 0 Å². The van der Waals surface area contributed by atoms with Gasteiger partial charge in [0.05, 0.1) is 6.04 Å².